The summed E-state index contributed by atoms with van der Waals surface area (Å²) in [5.41, 5.74) is 2.34. The molecular weight excluding hydrogens is 196 g/mol. The van der Waals surface area contributed by atoms with Gasteiger partial charge in [-0.1, -0.05) is 36.9 Å². The molecule has 1 nitrogen and oxygen atoms in total. The zero-order valence-corrected chi connectivity index (χ0v) is 8.76. The van der Waals surface area contributed by atoms with Gasteiger partial charge in [0.1, 0.15) is 0 Å². The third-order valence-corrected chi connectivity index (χ3v) is 2.24. The first-order valence-corrected chi connectivity index (χ1v) is 5.00. The van der Waals surface area contributed by atoms with E-state index in [2.05, 4.69) is 18.7 Å². The molecule has 74 valence electrons. The van der Waals surface area contributed by atoms with Crippen LogP contribution in [0.1, 0.15) is 24.0 Å². The molecule has 0 aromatic heterocycles. The highest BCUT2D eigenvalue weighted by atomic mass is 35.5. The Morgan fingerprint density at radius 1 is 1.36 bits per heavy atom. The summed E-state index contributed by atoms with van der Waals surface area (Å²) < 4.78 is 0. The molecule has 1 aromatic rings. The summed E-state index contributed by atoms with van der Waals surface area (Å²) in [5, 5.41) is -0.257. The van der Waals surface area contributed by atoms with E-state index in [4.69, 9.17) is 11.6 Å². The highest BCUT2D eigenvalue weighted by Crippen LogP contribution is 2.09. The molecule has 0 radical (unpaired) electrons. The zero-order valence-electron chi connectivity index (χ0n) is 8.00. The van der Waals surface area contributed by atoms with E-state index in [1.165, 1.54) is 5.56 Å². The van der Waals surface area contributed by atoms with Crippen LogP contribution in [0.3, 0.4) is 0 Å². The van der Waals surface area contributed by atoms with Gasteiger partial charge in [0.15, 0.2) is 0 Å². The normalized spacial score (nSPS) is 9.79. The molecule has 0 bridgehead atoms. The highest BCUT2D eigenvalue weighted by molar-refractivity contribution is 6.63. The summed E-state index contributed by atoms with van der Waals surface area (Å²) in [7, 11) is 0. The molecule has 14 heavy (non-hydrogen) atoms. The maximum Gasteiger partial charge on any atom is 0.221 e. The zero-order chi connectivity index (χ0) is 10.4. The van der Waals surface area contributed by atoms with E-state index in [0.717, 1.165) is 18.4 Å². The maximum absolute atomic E-state index is 10.5. The quantitative estimate of drug-likeness (QED) is 0.678. The van der Waals surface area contributed by atoms with Crippen molar-refractivity contribution in [3.63, 3.8) is 0 Å². The first-order valence-electron chi connectivity index (χ1n) is 4.62. The van der Waals surface area contributed by atoms with Gasteiger partial charge < -0.3 is 0 Å². The Balaban J connectivity index is 2.43. The number of carbonyl (C=O) groups is 1. The van der Waals surface area contributed by atoms with Crippen molar-refractivity contribution in [2.75, 3.05) is 0 Å². The molecule has 0 spiro atoms. The molecule has 0 aliphatic carbocycles. The third-order valence-electron chi connectivity index (χ3n) is 2.05. The van der Waals surface area contributed by atoms with Crippen molar-refractivity contribution >= 4 is 22.9 Å². The Labute approximate surface area is 89.4 Å². The molecule has 0 aliphatic rings. The molecule has 0 atom stereocenters. The highest BCUT2D eigenvalue weighted by Gasteiger charge is 1.97. The van der Waals surface area contributed by atoms with E-state index in [-0.39, 0.29) is 5.24 Å². The van der Waals surface area contributed by atoms with Crippen molar-refractivity contribution in [2.45, 2.75) is 19.3 Å². The van der Waals surface area contributed by atoms with Crippen LogP contribution >= 0.6 is 11.6 Å². The van der Waals surface area contributed by atoms with Crippen molar-refractivity contribution < 1.29 is 4.79 Å². The molecule has 0 amide bonds. The van der Waals surface area contributed by atoms with Crippen molar-refractivity contribution in [3.05, 3.63) is 42.0 Å². The fourth-order valence-corrected chi connectivity index (χ4v) is 1.39. The number of hydrogen-bond donors (Lipinski definition) is 0. The van der Waals surface area contributed by atoms with E-state index >= 15 is 0 Å². The van der Waals surface area contributed by atoms with Gasteiger partial charge >= 0.3 is 0 Å². The first-order chi connectivity index (χ1) is 6.72. The van der Waals surface area contributed by atoms with Gasteiger partial charge in [0.05, 0.1) is 0 Å². The Morgan fingerprint density at radius 2 is 2.00 bits per heavy atom. The van der Waals surface area contributed by atoms with E-state index in [1.807, 2.05) is 18.2 Å². The van der Waals surface area contributed by atoms with Crippen LogP contribution in [-0.2, 0) is 11.2 Å². The molecule has 0 fully saturated rings. The van der Waals surface area contributed by atoms with Crippen molar-refractivity contribution in [1.82, 2.24) is 0 Å². The van der Waals surface area contributed by atoms with Crippen LogP contribution < -0.4 is 0 Å². The SMILES string of the molecule is C=Cc1ccc(CCCC(=O)Cl)cc1. The average Bonchev–Trinajstić information content (AvgIpc) is 2.18. The molecule has 0 unspecified atom stereocenters. The van der Waals surface area contributed by atoms with Gasteiger partial charge in [0.2, 0.25) is 5.24 Å². The van der Waals surface area contributed by atoms with Crippen molar-refractivity contribution in [3.8, 4) is 0 Å². The van der Waals surface area contributed by atoms with Gasteiger partial charge in [-0.25, -0.2) is 0 Å². The van der Waals surface area contributed by atoms with Crippen molar-refractivity contribution in [1.29, 1.82) is 0 Å². The average molecular weight is 209 g/mol. The summed E-state index contributed by atoms with van der Waals surface area (Å²) in [5.74, 6) is 0. The van der Waals surface area contributed by atoms with E-state index < -0.39 is 0 Å². The summed E-state index contributed by atoms with van der Waals surface area (Å²) in [6.07, 6.45) is 3.97. The van der Waals surface area contributed by atoms with Crippen LogP contribution in [0, 0.1) is 0 Å². The van der Waals surface area contributed by atoms with E-state index in [0.29, 0.717) is 6.42 Å². The van der Waals surface area contributed by atoms with E-state index in [1.54, 1.807) is 0 Å². The largest absolute Gasteiger partial charge is 0.281 e. The van der Waals surface area contributed by atoms with Gasteiger partial charge in [0.25, 0.3) is 0 Å². The minimum absolute atomic E-state index is 0.257. The molecule has 0 saturated carbocycles. The van der Waals surface area contributed by atoms with Crippen LogP contribution in [0.15, 0.2) is 30.8 Å². The standard InChI is InChI=1S/C12H13ClO/c1-2-10-6-8-11(9-7-10)4-3-5-12(13)14/h2,6-9H,1,3-5H2. The van der Waals surface area contributed by atoms with Gasteiger partial charge in [-0.3, -0.25) is 4.79 Å². The number of carbonyl (C=O) groups excluding carboxylic acids is 1. The topological polar surface area (TPSA) is 17.1 Å². The van der Waals surface area contributed by atoms with Gasteiger partial charge in [-0.2, -0.15) is 0 Å². The number of aryl methyl sites for hydroxylation is 1. The second-order valence-electron chi connectivity index (χ2n) is 3.15. The monoisotopic (exact) mass is 208 g/mol. The lowest BCUT2D eigenvalue weighted by atomic mass is 10.1. The predicted octanol–water partition coefficient (Wildman–Crippen LogP) is 3.42. The van der Waals surface area contributed by atoms with Crippen LogP contribution in [-0.4, -0.2) is 5.24 Å². The molecule has 0 aliphatic heterocycles. The van der Waals surface area contributed by atoms with Gasteiger partial charge in [-0.05, 0) is 35.6 Å². The Bertz CT molecular complexity index is 314. The molecule has 2 heteroatoms. The van der Waals surface area contributed by atoms with Crippen molar-refractivity contribution in [2.24, 2.45) is 0 Å². The van der Waals surface area contributed by atoms with E-state index in [9.17, 15) is 4.79 Å². The second kappa shape index (κ2) is 5.61. The number of hydrogen-bond acceptors (Lipinski definition) is 1. The van der Waals surface area contributed by atoms with Crippen LogP contribution in [0.5, 0.6) is 0 Å². The summed E-state index contributed by atoms with van der Waals surface area (Å²) in [6.45, 7) is 3.68. The second-order valence-corrected chi connectivity index (χ2v) is 3.58. The smallest absolute Gasteiger partial charge is 0.221 e. The fraction of sp³-hybridized carbons (Fsp3) is 0.250. The lowest BCUT2D eigenvalue weighted by Gasteiger charge is -2.00. The maximum atomic E-state index is 10.5. The van der Waals surface area contributed by atoms with Gasteiger partial charge in [0, 0.05) is 6.42 Å². The molecule has 1 rings (SSSR count). The Hall–Kier alpha value is -1.08. The van der Waals surface area contributed by atoms with Crippen LogP contribution in [0.25, 0.3) is 6.08 Å². The first kappa shape index (κ1) is 11.0. The number of rotatable bonds is 5. The molecule has 0 N–H and O–H groups in total. The summed E-state index contributed by atoms with van der Waals surface area (Å²) in [4.78, 5) is 10.5. The number of halogens is 1. The Kier molecular flexibility index (Phi) is 4.41. The lowest BCUT2D eigenvalue weighted by molar-refractivity contribution is -0.111. The minimum Gasteiger partial charge on any atom is -0.281 e. The molecule has 0 saturated heterocycles. The minimum atomic E-state index is -0.257. The lowest BCUT2D eigenvalue weighted by Crippen LogP contribution is -1.90. The van der Waals surface area contributed by atoms with Gasteiger partial charge in [-0.15, -0.1) is 0 Å². The molecule has 0 heterocycles. The molecule has 1 aromatic carbocycles. The number of benzene rings is 1. The summed E-state index contributed by atoms with van der Waals surface area (Å²) in [6, 6.07) is 8.14. The van der Waals surface area contributed by atoms with Crippen LogP contribution in [0.4, 0.5) is 0 Å². The van der Waals surface area contributed by atoms with Crippen LogP contribution in [0.2, 0.25) is 0 Å². The summed E-state index contributed by atoms with van der Waals surface area (Å²) >= 11 is 5.24. The molecular formula is C12H13ClO. The Morgan fingerprint density at radius 3 is 2.50 bits per heavy atom. The predicted molar refractivity (Wildman–Crippen MR) is 60.3 cm³/mol. The third kappa shape index (κ3) is 3.75. The fourth-order valence-electron chi connectivity index (χ4n) is 1.25.